The molecule has 82 valence electrons. The van der Waals surface area contributed by atoms with E-state index >= 15 is 0 Å². The molecule has 2 fully saturated rings. The van der Waals surface area contributed by atoms with E-state index in [0.717, 1.165) is 12.0 Å². The third kappa shape index (κ3) is 0.938. The highest BCUT2D eigenvalue weighted by molar-refractivity contribution is 5.14. The van der Waals surface area contributed by atoms with Crippen molar-refractivity contribution in [3.8, 4) is 0 Å². The van der Waals surface area contributed by atoms with Gasteiger partial charge in [0.2, 0.25) is 0 Å². The molecule has 4 atom stereocenters. The highest BCUT2D eigenvalue weighted by atomic mass is 15.2. The Labute approximate surface area is 87.8 Å². The molecule has 0 unspecified atom stereocenters. The molecular weight excluding hydrogens is 172 g/mol. The standard InChI is InChI=1S/C12H24N2/c1-11(2)8-6-7-12(11,3)10(13)9(8)14(4)5/h8-10H,6-7,13H2,1-5H3/p+2/t8-,9+,10+,12+/m0/s1. The van der Waals surface area contributed by atoms with Crippen molar-refractivity contribution in [3.63, 3.8) is 0 Å². The normalized spacial score (nSPS) is 50.4. The monoisotopic (exact) mass is 198 g/mol. The molecule has 0 saturated heterocycles. The Balaban J connectivity index is 2.39. The average molecular weight is 198 g/mol. The van der Waals surface area contributed by atoms with E-state index in [0.29, 0.717) is 16.9 Å². The van der Waals surface area contributed by atoms with Crippen LogP contribution in [0.1, 0.15) is 33.6 Å². The minimum absolute atomic E-state index is 0.486. The van der Waals surface area contributed by atoms with E-state index in [2.05, 4.69) is 40.6 Å². The molecule has 0 aromatic carbocycles. The second-order valence-electron chi connectivity index (χ2n) is 6.49. The highest BCUT2D eigenvalue weighted by Gasteiger charge is 2.69. The molecule has 0 radical (unpaired) electrons. The number of hydrogen-bond acceptors (Lipinski definition) is 0. The lowest BCUT2D eigenvalue weighted by atomic mass is 9.69. The maximum Gasteiger partial charge on any atom is 0.143 e. The molecule has 4 N–H and O–H groups in total. The molecule has 2 heteroatoms. The van der Waals surface area contributed by atoms with Gasteiger partial charge in [0.15, 0.2) is 0 Å². The van der Waals surface area contributed by atoms with Crippen LogP contribution in [0.25, 0.3) is 0 Å². The molecule has 0 aliphatic heterocycles. The molecule has 0 aromatic rings. The van der Waals surface area contributed by atoms with Gasteiger partial charge in [-0.05, 0) is 18.3 Å². The van der Waals surface area contributed by atoms with Crippen LogP contribution in [-0.2, 0) is 0 Å². The van der Waals surface area contributed by atoms with E-state index in [-0.39, 0.29) is 0 Å². The quantitative estimate of drug-likeness (QED) is 0.573. The lowest BCUT2D eigenvalue weighted by Crippen LogP contribution is -3.14. The Morgan fingerprint density at radius 2 is 1.79 bits per heavy atom. The topological polar surface area (TPSA) is 32.1 Å². The predicted octanol–water partition coefficient (Wildman–Crippen LogP) is -0.434. The fourth-order valence-electron chi connectivity index (χ4n) is 4.34. The van der Waals surface area contributed by atoms with Gasteiger partial charge in [-0.3, -0.25) is 0 Å². The van der Waals surface area contributed by atoms with Crippen molar-refractivity contribution in [1.82, 2.24) is 0 Å². The highest BCUT2D eigenvalue weighted by Crippen LogP contribution is 2.63. The van der Waals surface area contributed by atoms with Gasteiger partial charge in [0, 0.05) is 11.3 Å². The van der Waals surface area contributed by atoms with Crippen LogP contribution in [0.2, 0.25) is 0 Å². The van der Waals surface area contributed by atoms with Crippen LogP contribution in [0, 0.1) is 16.7 Å². The van der Waals surface area contributed by atoms with E-state index < -0.39 is 0 Å². The molecule has 2 aliphatic carbocycles. The van der Waals surface area contributed by atoms with Crippen LogP contribution < -0.4 is 10.6 Å². The molecule has 2 saturated carbocycles. The average Bonchev–Trinajstić information content (AvgIpc) is 2.35. The number of quaternary nitrogens is 2. The number of nitrogens with one attached hydrogen (secondary N) is 1. The van der Waals surface area contributed by atoms with Crippen molar-refractivity contribution in [1.29, 1.82) is 0 Å². The molecule has 0 aromatic heterocycles. The van der Waals surface area contributed by atoms with Gasteiger partial charge in [-0.15, -0.1) is 0 Å². The predicted molar refractivity (Wildman–Crippen MR) is 57.9 cm³/mol. The summed E-state index contributed by atoms with van der Waals surface area (Å²) in [6, 6.07) is 1.42. The summed E-state index contributed by atoms with van der Waals surface area (Å²) < 4.78 is 0. The first kappa shape index (κ1) is 10.4. The van der Waals surface area contributed by atoms with E-state index in [1.165, 1.54) is 12.8 Å². The van der Waals surface area contributed by atoms with Crippen LogP contribution in [0.15, 0.2) is 0 Å². The minimum Gasteiger partial charge on any atom is -0.350 e. The summed E-state index contributed by atoms with van der Waals surface area (Å²) in [6.45, 7) is 7.39. The zero-order valence-electron chi connectivity index (χ0n) is 10.4. The van der Waals surface area contributed by atoms with E-state index in [4.69, 9.17) is 0 Å². The lowest BCUT2D eigenvalue weighted by Gasteiger charge is -2.35. The summed E-state index contributed by atoms with van der Waals surface area (Å²) in [5.74, 6) is 0.889. The van der Waals surface area contributed by atoms with Crippen molar-refractivity contribution >= 4 is 0 Å². The van der Waals surface area contributed by atoms with Crippen LogP contribution >= 0.6 is 0 Å². The Morgan fingerprint density at radius 1 is 1.21 bits per heavy atom. The first-order valence-corrected chi connectivity index (χ1v) is 5.95. The SMILES string of the molecule is C[NH+](C)[C@H]1[C@@H]([NH3+])[C@@]2(C)CC[C@@H]1C2(C)C. The second kappa shape index (κ2) is 2.73. The summed E-state index contributed by atoms with van der Waals surface area (Å²) in [4.78, 5) is 1.60. The van der Waals surface area contributed by atoms with Crippen LogP contribution in [0.3, 0.4) is 0 Å². The van der Waals surface area contributed by atoms with Gasteiger partial charge in [0.25, 0.3) is 0 Å². The number of rotatable bonds is 1. The van der Waals surface area contributed by atoms with Gasteiger partial charge in [-0.2, -0.15) is 0 Å². The molecule has 2 aliphatic rings. The van der Waals surface area contributed by atoms with Crippen LogP contribution in [-0.4, -0.2) is 26.2 Å². The molecule has 2 rings (SSSR count). The van der Waals surface area contributed by atoms with Gasteiger partial charge >= 0.3 is 0 Å². The summed E-state index contributed by atoms with van der Waals surface area (Å²) in [6.07, 6.45) is 2.81. The Morgan fingerprint density at radius 3 is 2.07 bits per heavy atom. The molecule has 2 bridgehead atoms. The van der Waals surface area contributed by atoms with Gasteiger partial charge in [-0.25, -0.2) is 0 Å². The molecule has 0 heterocycles. The first-order chi connectivity index (χ1) is 6.32. The van der Waals surface area contributed by atoms with Crippen molar-refractivity contribution in [2.24, 2.45) is 16.7 Å². The maximum absolute atomic E-state index is 4.47. The second-order valence-corrected chi connectivity index (χ2v) is 6.49. The van der Waals surface area contributed by atoms with Gasteiger partial charge in [0.05, 0.1) is 14.1 Å². The molecule has 0 spiro atoms. The molecule has 2 nitrogen and oxygen atoms in total. The Kier molecular flexibility index (Phi) is 2.04. The molecule has 0 amide bonds. The fourth-order valence-corrected chi connectivity index (χ4v) is 4.34. The summed E-state index contributed by atoms with van der Waals surface area (Å²) in [7, 11) is 4.59. The first-order valence-electron chi connectivity index (χ1n) is 5.95. The zero-order chi connectivity index (χ0) is 10.7. The van der Waals surface area contributed by atoms with Gasteiger partial charge in [0.1, 0.15) is 12.1 Å². The summed E-state index contributed by atoms with van der Waals surface area (Å²) in [5.41, 5.74) is 5.46. The Bertz CT molecular complexity index is 247. The van der Waals surface area contributed by atoms with E-state index in [1.54, 1.807) is 4.90 Å². The lowest BCUT2D eigenvalue weighted by molar-refractivity contribution is -0.902. The summed E-state index contributed by atoms with van der Waals surface area (Å²) in [5, 5.41) is 0. The van der Waals surface area contributed by atoms with Gasteiger partial charge < -0.3 is 10.6 Å². The van der Waals surface area contributed by atoms with Crippen molar-refractivity contribution in [3.05, 3.63) is 0 Å². The molecular formula is C12H26N2+2. The summed E-state index contributed by atoms with van der Waals surface area (Å²) >= 11 is 0. The maximum atomic E-state index is 4.47. The molecule has 14 heavy (non-hydrogen) atoms. The zero-order valence-corrected chi connectivity index (χ0v) is 10.4. The third-order valence-corrected chi connectivity index (χ3v) is 5.73. The van der Waals surface area contributed by atoms with Crippen LogP contribution in [0.4, 0.5) is 0 Å². The fraction of sp³-hybridized carbons (Fsp3) is 1.00. The number of likely N-dealkylation sites (N-methyl/N-ethyl adjacent to an activating group) is 1. The van der Waals surface area contributed by atoms with E-state index in [1.807, 2.05) is 0 Å². The van der Waals surface area contributed by atoms with Crippen LogP contribution in [0.5, 0.6) is 0 Å². The van der Waals surface area contributed by atoms with Crippen molar-refractivity contribution in [2.45, 2.75) is 45.7 Å². The number of fused-ring (bicyclic) bond motifs is 2. The number of hydrogen-bond donors (Lipinski definition) is 2. The van der Waals surface area contributed by atoms with Crippen molar-refractivity contribution < 1.29 is 10.6 Å². The van der Waals surface area contributed by atoms with E-state index in [9.17, 15) is 0 Å². The Hall–Kier alpha value is -0.0800. The van der Waals surface area contributed by atoms with Crippen molar-refractivity contribution in [2.75, 3.05) is 14.1 Å². The largest absolute Gasteiger partial charge is 0.350 e. The smallest absolute Gasteiger partial charge is 0.143 e. The third-order valence-electron chi connectivity index (χ3n) is 5.73. The minimum atomic E-state index is 0.486. The van der Waals surface area contributed by atoms with Gasteiger partial charge in [-0.1, -0.05) is 20.8 Å².